The highest BCUT2D eigenvalue weighted by atomic mass is 35.5. The fourth-order valence-electron chi connectivity index (χ4n) is 2.15. The maximum atomic E-state index is 11.9. The van der Waals surface area contributed by atoms with Crippen LogP contribution in [0.25, 0.3) is 10.9 Å². The van der Waals surface area contributed by atoms with Crippen molar-refractivity contribution in [1.82, 2.24) is 14.8 Å². The van der Waals surface area contributed by atoms with Crippen molar-refractivity contribution in [3.05, 3.63) is 58.5 Å². The van der Waals surface area contributed by atoms with Crippen LogP contribution in [0.2, 0.25) is 5.15 Å². The Labute approximate surface area is 132 Å². The van der Waals surface area contributed by atoms with Crippen LogP contribution in [-0.4, -0.2) is 20.7 Å². The molecule has 0 radical (unpaired) electrons. The molecule has 0 aliphatic heterocycles. The van der Waals surface area contributed by atoms with Crippen molar-refractivity contribution >= 4 is 28.5 Å². The van der Waals surface area contributed by atoms with Crippen LogP contribution < -0.4 is 0 Å². The van der Waals surface area contributed by atoms with Gasteiger partial charge in [-0.25, -0.2) is 9.78 Å². The van der Waals surface area contributed by atoms with Gasteiger partial charge in [-0.15, -0.1) is 0 Å². The Morgan fingerprint density at radius 2 is 2.18 bits per heavy atom. The molecule has 0 spiro atoms. The smallest absolute Gasteiger partial charge is 0.341 e. The lowest BCUT2D eigenvalue weighted by molar-refractivity contribution is 0.0472. The first-order valence-electron chi connectivity index (χ1n) is 6.74. The van der Waals surface area contributed by atoms with E-state index in [1.807, 2.05) is 31.2 Å². The largest absolute Gasteiger partial charge is 0.457 e. The molecule has 0 fully saturated rings. The van der Waals surface area contributed by atoms with Crippen molar-refractivity contribution < 1.29 is 9.53 Å². The molecule has 0 atom stereocenters. The van der Waals surface area contributed by atoms with Gasteiger partial charge < -0.3 is 4.74 Å². The number of nitrogens with zero attached hydrogens (tertiary/aromatic N) is 3. The average Bonchev–Trinajstić information content (AvgIpc) is 2.91. The number of hydrogen-bond donors (Lipinski definition) is 0. The Morgan fingerprint density at radius 1 is 1.36 bits per heavy atom. The van der Waals surface area contributed by atoms with E-state index in [0.717, 1.165) is 16.5 Å². The molecule has 3 aromatic rings. The van der Waals surface area contributed by atoms with Crippen molar-refractivity contribution in [2.45, 2.75) is 13.5 Å². The van der Waals surface area contributed by atoms with Gasteiger partial charge in [0, 0.05) is 24.2 Å². The normalized spacial score (nSPS) is 10.9. The van der Waals surface area contributed by atoms with Crippen LogP contribution in [0.15, 0.2) is 36.7 Å². The number of halogens is 1. The van der Waals surface area contributed by atoms with Gasteiger partial charge in [-0.3, -0.25) is 4.68 Å². The lowest BCUT2D eigenvalue weighted by atomic mass is 10.1. The lowest BCUT2D eigenvalue weighted by Crippen LogP contribution is -2.05. The van der Waals surface area contributed by atoms with Gasteiger partial charge in [-0.2, -0.15) is 5.10 Å². The topological polar surface area (TPSA) is 57.0 Å². The summed E-state index contributed by atoms with van der Waals surface area (Å²) in [5.74, 6) is -0.437. The molecule has 3 rings (SSSR count). The van der Waals surface area contributed by atoms with E-state index in [2.05, 4.69) is 10.1 Å². The molecule has 0 bridgehead atoms. The van der Waals surface area contributed by atoms with Gasteiger partial charge in [0.15, 0.2) is 0 Å². The van der Waals surface area contributed by atoms with Crippen molar-refractivity contribution in [2.24, 2.45) is 7.05 Å². The molecule has 0 aliphatic rings. The molecule has 2 heterocycles. The number of rotatable bonds is 3. The Bertz CT molecular complexity index is 858. The van der Waals surface area contributed by atoms with Crippen molar-refractivity contribution in [2.75, 3.05) is 0 Å². The van der Waals surface area contributed by atoms with Crippen LogP contribution in [-0.2, 0) is 18.4 Å². The van der Waals surface area contributed by atoms with E-state index in [0.29, 0.717) is 16.3 Å². The molecule has 1 aromatic carbocycles. The van der Waals surface area contributed by atoms with E-state index in [1.165, 1.54) is 6.20 Å². The number of ether oxygens (including phenoxy) is 1. The number of carbonyl (C=O) groups is 1. The summed E-state index contributed by atoms with van der Waals surface area (Å²) in [5, 5.41) is 5.24. The molecule has 112 valence electrons. The molecule has 0 aliphatic carbocycles. The fraction of sp³-hybridized carbons (Fsp3) is 0.188. The van der Waals surface area contributed by atoms with E-state index in [4.69, 9.17) is 16.3 Å². The SMILES string of the molecule is Cc1ccc2cc(COC(=O)c3cnn(C)c3)c(Cl)nc2c1. The third-order valence-electron chi connectivity index (χ3n) is 3.30. The maximum Gasteiger partial charge on any atom is 0.341 e. The zero-order chi connectivity index (χ0) is 15.7. The Kier molecular flexibility index (Phi) is 3.81. The predicted molar refractivity (Wildman–Crippen MR) is 83.8 cm³/mol. The second-order valence-electron chi connectivity index (χ2n) is 5.11. The van der Waals surface area contributed by atoms with Gasteiger partial charge in [0.2, 0.25) is 0 Å². The quantitative estimate of drug-likeness (QED) is 0.550. The number of esters is 1. The minimum atomic E-state index is -0.437. The molecule has 0 unspecified atom stereocenters. The molecule has 0 saturated carbocycles. The first kappa shape index (κ1) is 14.5. The number of carbonyl (C=O) groups excluding carboxylic acids is 1. The molecule has 0 amide bonds. The van der Waals surface area contributed by atoms with Crippen LogP contribution in [0.4, 0.5) is 0 Å². The van der Waals surface area contributed by atoms with Crippen molar-refractivity contribution in [3.63, 3.8) is 0 Å². The highest BCUT2D eigenvalue weighted by Gasteiger charge is 2.12. The summed E-state index contributed by atoms with van der Waals surface area (Å²) < 4.78 is 6.81. The standard InChI is InChI=1S/C16H14ClN3O2/c1-10-3-4-11-6-12(15(17)19-14(11)5-10)9-22-16(21)13-7-18-20(2)8-13/h3-8H,9H2,1-2H3. The van der Waals surface area contributed by atoms with Gasteiger partial charge >= 0.3 is 5.97 Å². The first-order chi connectivity index (χ1) is 10.5. The fourth-order valence-corrected chi connectivity index (χ4v) is 2.35. The maximum absolute atomic E-state index is 11.9. The minimum absolute atomic E-state index is 0.0728. The van der Waals surface area contributed by atoms with Gasteiger partial charge in [-0.05, 0) is 24.6 Å². The summed E-state index contributed by atoms with van der Waals surface area (Å²) in [6.07, 6.45) is 3.07. The van der Waals surface area contributed by atoms with Crippen LogP contribution >= 0.6 is 11.6 Å². The lowest BCUT2D eigenvalue weighted by Gasteiger charge is -2.07. The number of aromatic nitrogens is 3. The first-order valence-corrected chi connectivity index (χ1v) is 7.12. The van der Waals surface area contributed by atoms with E-state index in [9.17, 15) is 4.79 Å². The Hall–Kier alpha value is -2.40. The van der Waals surface area contributed by atoms with Crippen LogP contribution in [0.5, 0.6) is 0 Å². The number of aryl methyl sites for hydroxylation is 2. The van der Waals surface area contributed by atoms with Gasteiger partial charge in [0.1, 0.15) is 11.8 Å². The highest BCUT2D eigenvalue weighted by Crippen LogP contribution is 2.22. The van der Waals surface area contributed by atoms with Crippen molar-refractivity contribution in [1.29, 1.82) is 0 Å². The molecule has 22 heavy (non-hydrogen) atoms. The second kappa shape index (κ2) is 5.77. The highest BCUT2D eigenvalue weighted by molar-refractivity contribution is 6.30. The summed E-state index contributed by atoms with van der Waals surface area (Å²) in [7, 11) is 1.74. The number of hydrogen-bond acceptors (Lipinski definition) is 4. The number of pyridine rings is 1. The average molecular weight is 316 g/mol. The Balaban J connectivity index is 1.80. The predicted octanol–water partition coefficient (Wildman–Crippen LogP) is 3.29. The monoisotopic (exact) mass is 315 g/mol. The summed E-state index contributed by atoms with van der Waals surface area (Å²) in [5.41, 5.74) is 3.03. The van der Waals surface area contributed by atoms with E-state index in [-0.39, 0.29) is 6.61 Å². The van der Waals surface area contributed by atoms with Crippen molar-refractivity contribution in [3.8, 4) is 0 Å². The van der Waals surface area contributed by atoms with Gasteiger partial charge in [-0.1, -0.05) is 23.7 Å². The molecule has 6 heteroatoms. The molecule has 0 saturated heterocycles. The molecule has 2 aromatic heterocycles. The number of fused-ring (bicyclic) bond motifs is 1. The van der Waals surface area contributed by atoms with E-state index >= 15 is 0 Å². The number of benzene rings is 1. The van der Waals surface area contributed by atoms with Gasteiger partial charge in [0.05, 0.1) is 17.3 Å². The summed E-state index contributed by atoms with van der Waals surface area (Å²) in [6.45, 7) is 2.07. The van der Waals surface area contributed by atoms with E-state index < -0.39 is 5.97 Å². The molecule has 0 N–H and O–H groups in total. The zero-order valence-electron chi connectivity index (χ0n) is 12.2. The zero-order valence-corrected chi connectivity index (χ0v) is 13.0. The summed E-state index contributed by atoms with van der Waals surface area (Å²) in [4.78, 5) is 16.3. The third-order valence-corrected chi connectivity index (χ3v) is 3.63. The summed E-state index contributed by atoms with van der Waals surface area (Å²) >= 11 is 6.17. The Morgan fingerprint density at radius 3 is 2.91 bits per heavy atom. The van der Waals surface area contributed by atoms with Gasteiger partial charge in [0.25, 0.3) is 0 Å². The van der Waals surface area contributed by atoms with Crippen LogP contribution in [0.3, 0.4) is 0 Å². The minimum Gasteiger partial charge on any atom is -0.457 e. The molecule has 5 nitrogen and oxygen atoms in total. The van der Waals surface area contributed by atoms with Crippen LogP contribution in [0, 0.1) is 6.92 Å². The third kappa shape index (κ3) is 2.94. The molecular formula is C16H14ClN3O2. The van der Waals surface area contributed by atoms with E-state index in [1.54, 1.807) is 17.9 Å². The second-order valence-corrected chi connectivity index (χ2v) is 5.47. The van der Waals surface area contributed by atoms with Crippen LogP contribution in [0.1, 0.15) is 21.5 Å². The summed E-state index contributed by atoms with van der Waals surface area (Å²) in [6, 6.07) is 7.83. The molecular weight excluding hydrogens is 302 g/mol.